The van der Waals surface area contributed by atoms with Crippen LogP contribution in [0.25, 0.3) is 0 Å². The van der Waals surface area contributed by atoms with Crippen LogP contribution in [0, 0.1) is 0 Å². The molecule has 0 spiro atoms. The molecule has 1 N–H and O–H groups in total. The van der Waals surface area contributed by atoms with Crippen LogP contribution in [0.15, 0.2) is 48.6 Å². The van der Waals surface area contributed by atoms with E-state index in [9.17, 15) is 19.5 Å². The molecule has 8 heteroatoms. The summed E-state index contributed by atoms with van der Waals surface area (Å²) in [5.74, 6) is -1.48. The van der Waals surface area contributed by atoms with Gasteiger partial charge >= 0.3 is 17.9 Å². The van der Waals surface area contributed by atoms with E-state index in [1.165, 1.54) is 173 Å². The van der Waals surface area contributed by atoms with Crippen molar-refractivity contribution in [2.45, 2.75) is 283 Å². The number of ether oxygens (including phenoxy) is 3. The molecule has 0 aliphatic heterocycles. The van der Waals surface area contributed by atoms with E-state index in [0.29, 0.717) is 19.3 Å². The molecule has 0 saturated carbocycles. The van der Waals surface area contributed by atoms with Crippen LogP contribution in [-0.4, -0.2) is 80.6 Å². The van der Waals surface area contributed by atoms with E-state index in [1.807, 2.05) is 21.1 Å². The van der Waals surface area contributed by atoms with Gasteiger partial charge in [0.1, 0.15) is 6.61 Å². The Kier molecular flexibility index (Phi) is 49.6. The molecule has 0 aromatic rings. The van der Waals surface area contributed by atoms with Crippen molar-refractivity contribution in [3.63, 3.8) is 0 Å². The van der Waals surface area contributed by atoms with E-state index in [1.54, 1.807) is 0 Å². The van der Waals surface area contributed by atoms with Crippen LogP contribution in [0.5, 0.6) is 0 Å². The van der Waals surface area contributed by atoms with Crippen LogP contribution >= 0.6 is 0 Å². The third kappa shape index (κ3) is 50.0. The number of unbranched alkanes of at least 4 members (excludes halogenated alkanes) is 31. The largest absolute Gasteiger partial charge is 0.477 e. The lowest BCUT2D eigenvalue weighted by Crippen LogP contribution is -2.50. The van der Waals surface area contributed by atoms with Crippen molar-refractivity contribution < 1.29 is 38.2 Å². The zero-order valence-electron chi connectivity index (χ0n) is 46.0. The van der Waals surface area contributed by atoms with Gasteiger partial charge in [0.15, 0.2) is 12.1 Å². The fourth-order valence-electron chi connectivity index (χ4n) is 8.68. The van der Waals surface area contributed by atoms with E-state index >= 15 is 0 Å². The van der Waals surface area contributed by atoms with Gasteiger partial charge in [0.05, 0.1) is 34.4 Å². The van der Waals surface area contributed by atoms with Crippen LogP contribution in [-0.2, 0) is 28.6 Å². The van der Waals surface area contributed by atoms with Gasteiger partial charge in [0, 0.05) is 19.3 Å². The Labute approximate surface area is 426 Å². The molecule has 402 valence electrons. The molecule has 0 radical (unpaired) electrons. The molecule has 0 fully saturated rings. The number of rotatable bonds is 53. The number of carboxylic acids is 1. The molecule has 0 aromatic carbocycles. The summed E-state index contributed by atoms with van der Waals surface area (Å²) in [4.78, 5) is 37.3. The Hall–Kier alpha value is -2.71. The van der Waals surface area contributed by atoms with E-state index in [2.05, 4.69) is 62.5 Å². The lowest BCUT2D eigenvalue weighted by Gasteiger charge is -2.31. The van der Waals surface area contributed by atoms with Gasteiger partial charge in [-0.1, -0.05) is 223 Å². The van der Waals surface area contributed by atoms with E-state index in [4.69, 9.17) is 14.2 Å². The summed E-state index contributed by atoms with van der Waals surface area (Å²) in [5, 5.41) is 9.68. The predicted octanol–water partition coefficient (Wildman–Crippen LogP) is 17.5. The standard InChI is InChI=1S/C61H111NO7/c1-6-8-10-12-14-16-18-20-22-24-26-28-30-32-34-36-38-40-42-44-46-48-50-52-60(64)69-57(55-67-54-53-58(61(65)66)62(3,4)5)56-68-59(63)51-49-47-45-43-41-39-37-35-33-31-29-27-25-23-21-19-17-15-13-11-9-7-2/h25-28,31-34,57-58H,6-24,29-30,35-56H2,1-5H3/p+1/b27-25+,28-26+,33-31+,34-32+. The molecule has 0 bridgehead atoms. The highest BCUT2D eigenvalue weighted by molar-refractivity contribution is 5.72. The van der Waals surface area contributed by atoms with Crippen LogP contribution < -0.4 is 0 Å². The first-order valence-electron chi connectivity index (χ1n) is 29.2. The average Bonchev–Trinajstić information content (AvgIpc) is 3.31. The van der Waals surface area contributed by atoms with Crippen molar-refractivity contribution in [3.8, 4) is 0 Å². The third-order valence-electron chi connectivity index (χ3n) is 13.2. The number of carbonyl (C=O) groups is 3. The minimum atomic E-state index is -0.876. The second-order valence-electron chi connectivity index (χ2n) is 20.9. The molecule has 0 saturated heterocycles. The van der Waals surface area contributed by atoms with E-state index in [-0.39, 0.29) is 36.2 Å². The molecule has 0 amide bonds. The molecule has 0 aromatic heterocycles. The maximum absolute atomic E-state index is 12.8. The van der Waals surface area contributed by atoms with Crippen LogP contribution in [0.4, 0.5) is 0 Å². The highest BCUT2D eigenvalue weighted by atomic mass is 16.6. The maximum Gasteiger partial charge on any atom is 0.362 e. The van der Waals surface area contributed by atoms with Crippen LogP contribution in [0.1, 0.15) is 271 Å². The summed E-state index contributed by atoms with van der Waals surface area (Å²) in [5.41, 5.74) is 0. The Bertz CT molecular complexity index is 1270. The first-order valence-corrected chi connectivity index (χ1v) is 29.2. The number of likely N-dealkylation sites (N-methyl/N-ethyl adjacent to an activating group) is 1. The van der Waals surface area contributed by atoms with Crippen molar-refractivity contribution >= 4 is 17.9 Å². The fraction of sp³-hybridized carbons (Fsp3) is 0.820. The summed E-state index contributed by atoms with van der Waals surface area (Å²) in [6.07, 6.45) is 64.6. The van der Waals surface area contributed by atoms with Crippen LogP contribution in [0.3, 0.4) is 0 Å². The Morgan fingerprint density at radius 1 is 0.435 bits per heavy atom. The SMILES string of the molecule is CCCCCCCCCC/C=C/C/C=C/CCCCCCCCCC(=O)OCC(COCCC(C(=O)O)[N+](C)(C)C)OC(=O)CCCCCCCCC/C=C/C/C=C/CCCCCCCCCCC. The molecule has 0 aliphatic carbocycles. The second-order valence-corrected chi connectivity index (χ2v) is 20.9. The Balaban J connectivity index is 4.20. The van der Waals surface area contributed by atoms with Gasteiger partial charge < -0.3 is 23.8 Å². The van der Waals surface area contributed by atoms with Crippen LogP contribution in [0.2, 0.25) is 0 Å². The zero-order chi connectivity index (χ0) is 50.6. The number of quaternary nitrogens is 1. The van der Waals surface area contributed by atoms with Gasteiger partial charge in [-0.2, -0.15) is 0 Å². The number of hydrogen-bond donors (Lipinski definition) is 1. The first kappa shape index (κ1) is 66.3. The smallest absolute Gasteiger partial charge is 0.362 e. The zero-order valence-corrected chi connectivity index (χ0v) is 46.0. The summed E-state index contributed by atoms with van der Waals surface area (Å²) in [7, 11) is 5.54. The second kappa shape index (κ2) is 51.6. The van der Waals surface area contributed by atoms with Crippen molar-refractivity contribution in [3.05, 3.63) is 48.6 Å². The number of aliphatic carboxylic acids is 1. The topological polar surface area (TPSA) is 99.1 Å². The molecule has 0 heterocycles. The molecule has 0 rings (SSSR count). The van der Waals surface area contributed by atoms with Gasteiger partial charge in [-0.25, -0.2) is 4.79 Å². The summed E-state index contributed by atoms with van der Waals surface area (Å²) in [6.45, 7) is 4.76. The minimum Gasteiger partial charge on any atom is -0.477 e. The van der Waals surface area contributed by atoms with Gasteiger partial charge in [-0.3, -0.25) is 9.59 Å². The van der Waals surface area contributed by atoms with Gasteiger partial charge in [-0.15, -0.1) is 0 Å². The normalized spacial score (nSPS) is 13.1. The highest BCUT2D eigenvalue weighted by Crippen LogP contribution is 2.16. The lowest BCUT2D eigenvalue weighted by atomic mass is 10.1. The molecule has 0 aliphatic rings. The molecule has 2 unspecified atom stereocenters. The summed E-state index contributed by atoms with van der Waals surface area (Å²) in [6, 6.07) is -0.620. The molecular formula is C61H112NO7+. The first-order chi connectivity index (χ1) is 33.6. The fourth-order valence-corrected chi connectivity index (χ4v) is 8.68. The predicted molar refractivity (Wildman–Crippen MR) is 294 cm³/mol. The Morgan fingerprint density at radius 3 is 1.12 bits per heavy atom. The number of carboxylic acid groups (broad SMARTS) is 1. The van der Waals surface area contributed by atoms with E-state index < -0.39 is 18.1 Å². The summed E-state index contributed by atoms with van der Waals surface area (Å²) < 4.78 is 17.4. The monoisotopic (exact) mass is 971 g/mol. The highest BCUT2D eigenvalue weighted by Gasteiger charge is 2.31. The van der Waals surface area contributed by atoms with Gasteiger partial charge in [0.2, 0.25) is 0 Å². The maximum atomic E-state index is 12.8. The van der Waals surface area contributed by atoms with Crippen molar-refractivity contribution in [2.75, 3.05) is 41.0 Å². The van der Waals surface area contributed by atoms with Gasteiger partial charge in [0.25, 0.3) is 0 Å². The summed E-state index contributed by atoms with van der Waals surface area (Å²) >= 11 is 0. The molecular weight excluding hydrogens is 859 g/mol. The van der Waals surface area contributed by atoms with E-state index in [0.717, 1.165) is 64.2 Å². The number of allylic oxidation sites excluding steroid dienone is 8. The Morgan fingerprint density at radius 2 is 0.768 bits per heavy atom. The molecule has 2 atom stereocenters. The number of hydrogen-bond acceptors (Lipinski definition) is 6. The number of esters is 2. The number of carbonyl (C=O) groups excluding carboxylic acids is 2. The van der Waals surface area contributed by atoms with Crippen molar-refractivity contribution in [2.24, 2.45) is 0 Å². The van der Waals surface area contributed by atoms with Crippen molar-refractivity contribution in [1.29, 1.82) is 0 Å². The van der Waals surface area contributed by atoms with Crippen molar-refractivity contribution in [1.82, 2.24) is 0 Å². The van der Waals surface area contributed by atoms with Gasteiger partial charge in [-0.05, 0) is 77.0 Å². The molecule has 69 heavy (non-hydrogen) atoms. The quantitative estimate of drug-likeness (QED) is 0.0280. The average molecular weight is 972 g/mol. The minimum absolute atomic E-state index is 0.0556. The lowest BCUT2D eigenvalue weighted by molar-refractivity contribution is -0.887. The molecule has 8 nitrogen and oxygen atoms in total. The number of nitrogens with zero attached hydrogens (tertiary/aromatic N) is 1. The third-order valence-corrected chi connectivity index (χ3v) is 13.2.